The summed E-state index contributed by atoms with van der Waals surface area (Å²) < 4.78 is 4.98. The molecule has 0 aliphatic rings. The zero-order valence-electron chi connectivity index (χ0n) is 7.51. The minimum atomic E-state index is -0.119. The number of hydrogen-bond donors (Lipinski definition) is 1. The average molecular weight is 279 g/mol. The highest BCUT2D eigenvalue weighted by atomic mass is 79.9. The van der Waals surface area contributed by atoms with Crippen LogP contribution in [0, 0.1) is 0 Å². The van der Waals surface area contributed by atoms with Crippen molar-refractivity contribution in [2.75, 3.05) is 17.8 Å². The molecule has 1 aromatic rings. The second-order valence-electron chi connectivity index (χ2n) is 2.53. The van der Waals surface area contributed by atoms with Gasteiger partial charge in [-0.3, -0.25) is 4.79 Å². The Hall–Kier alpha value is -0.740. The zero-order valence-corrected chi connectivity index (χ0v) is 9.85. The van der Waals surface area contributed by atoms with Crippen molar-refractivity contribution in [1.82, 2.24) is 0 Å². The summed E-state index contributed by atoms with van der Waals surface area (Å²) in [6.45, 7) is 0. The lowest BCUT2D eigenvalue weighted by atomic mass is 10.3. The third-order valence-corrected chi connectivity index (χ3v) is 2.36. The topological polar surface area (TPSA) is 38.3 Å². The molecular formula is C9H9BrClNO2. The number of amides is 1. The van der Waals surface area contributed by atoms with Crippen molar-refractivity contribution in [2.24, 2.45) is 0 Å². The molecule has 0 saturated heterocycles. The number of ether oxygens (including phenoxy) is 1. The predicted molar refractivity (Wildman–Crippen MR) is 60.4 cm³/mol. The summed E-state index contributed by atoms with van der Waals surface area (Å²) in [7, 11) is 1.54. The van der Waals surface area contributed by atoms with Crippen LogP contribution in [0.3, 0.4) is 0 Å². The molecule has 0 unspecified atom stereocenters. The average Bonchev–Trinajstić information content (AvgIpc) is 2.18. The van der Waals surface area contributed by atoms with Gasteiger partial charge in [0.25, 0.3) is 0 Å². The lowest BCUT2D eigenvalue weighted by molar-refractivity contribution is -0.113. The van der Waals surface area contributed by atoms with Crippen LogP contribution in [0.1, 0.15) is 0 Å². The third-order valence-electron chi connectivity index (χ3n) is 1.56. The van der Waals surface area contributed by atoms with Gasteiger partial charge in [0, 0.05) is 5.69 Å². The molecule has 5 heteroatoms. The number of carbonyl (C=O) groups excluding carboxylic acids is 1. The Kier molecular flexibility index (Phi) is 4.22. The molecule has 0 aliphatic carbocycles. The summed E-state index contributed by atoms with van der Waals surface area (Å²) in [5.41, 5.74) is 0.653. The standard InChI is InChI=1S/C9H9BrClNO2/c1-14-8-3-2-6(4-7(8)11)12-9(13)5-10/h2-4H,5H2,1H3,(H,12,13). The molecule has 0 fully saturated rings. The molecular weight excluding hydrogens is 269 g/mol. The molecule has 1 aromatic carbocycles. The number of hydrogen-bond acceptors (Lipinski definition) is 2. The van der Waals surface area contributed by atoms with E-state index >= 15 is 0 Å². The molecule has 14 heavy (non-hydrogen) atoms. The highest BCUT2D eigenvalue weighted by Crippen LogP contribution is 2.27. The van der Waals surface area contributed by atoms with Crippen LogP contribution in [-0.2, 0) is 4.79 Å². The van der Waals surface area contributed by atoms with E-state index in [2.05, 4.69) is 21.2 Å². The van der Waals surface area contributed by atoms with E-state index in [0.717, 1.165) is 0 Å². The largest absolute Gasteiger partial charge is 0.495 e. The number of anilines is 1. The molecule has 0 saturated carbocycles. The van der Waals surface area contributed by atoms with Crippen molar-refractivity contribution in [3.05, 3.63) is 23.2 Å². The Morgan fingerprint density at radius 3 is 2.86 bits per heavy atom. The molecule has 1 N–H and O–H groups in total. The van der Waals surface area contributed by atoms with E-state index in [1.54, 1.807) is 18.2 Å². The Bertz CT molecular complexity index is 344. The Morgan fingerprint density at radius 2 is 2.36 bits per heavy atom. The Balaban J connectivity index is 2.81. The smallest absolute Gasteiger partial charge is 0.235 e. The molecule has 0 aliphatic heterocycles. The highest BCUT2D eigenvalue weighted by Gasteiger charge is 2.03. The van der Waals surface area contributed by atoms with Crippen molar-refractivity contribution < 1.29 is 9.53 Å². The van der Waals surface area contributed by atoms with Crippen LogP contribution in [-0.4, -0.2) is 18.3 Å². The first-order valence-corrected chi connectivity index (χ1v) is 5.36. The number of rotatable bonds is 3. The molecule has 0 radical (unpaired) electrons. The quantitative estimate of drug-likeness (QED) is 0.863. The number of carbonyl (C=O) groups is 1. The second kappa shape index (κ2) is 5.22. The van der Waals surface area contributed by atoms with E-state index in [1.165, 1.54) is 7.11 Å². The van der Waals surface area contributed by atoms with Crippen LogP contribution in [0.4, 0.5) is 5.69 Å². The molecule has 0 bridgehead atoms. The predicted octanol–water partition coefficient (Wildman–Crippen LogP) is 2.68. The van der Waals surface area contributed by atoms with Crippen molar-refractivity contribution in [3.63, 3.8) is 0 Å². The SMILES string of the molecule is COc1ccc(NC(=O)CBr)cc1Cl. The van der Waals surface area contributed by atoms with Crippen molar-refractivity contribution in [1.29, 1.82) is 0 Å². The monoisotopic (exact) mass is 277 g/mol. The van der Waals surface area contributed by atoms with E-state index in [0.29, 0.717) is 16.5 Å². The lowest BCUT2D eigenvalue weighted by Gasteiger charge is -2.06. The number of alkyl halides is 1. The normalized spacial score (nSPS) is 9.64. The molecule has 1 amide bonds. The minimum absolute atomic E-state index is 0.119. The van der Waals surface area contributed by atoms with Gasteiger partial charge in [-0.05, 0) is 18.2 Å². The second-order valence-corrected chi connectivity index (χ2v) is 3.50. The summed E-state index contributed by atoms with van der Waals surface area (Å²) >= 11 is 8.92. The number of benzene rings is 1. The van der Waals surface area contributed by atoms with Crippen LogP contribution in [0.25, 0.3) is 0 Å². The minimum Gasteiger partial charge on any atom is -0.495 e. The fourth-order valence-electron chi connectivity index (χ4n) is 0.939. The first-order valence-electron chi connectivity index (χ1n) is 3.86. The van der Waals surface area contributed by atoms with E-state index < -0.39 is 0 Å². The van der Waals surface area contributed by atoms with E-state index in [4.69, 9.17) is 16.3 Å². The molecule has 0 aromatic heterocycles. The highest BCUT2D eigenvalue weighted by molar-refractivity contribution is 9.09. The van der Waals surface area contributed by atoms with Crippen molar-refractivity contribution in [3.8, 4) is 5.75 Å². The van der Waals surface area contributed by atoms with Crippen LogP contribution in [0.5, 0.6) is 5.75 Å². The maximum absolute atomic E-state index is 11.0. The van der Waals surface area contributed by atoms with E-state index in [9.17, 15) is 4.79 Å². The van der Waals surface area contributed by atoms with Crippen molar-refractivity contribution in [2.45, 2.75) is 0 Å². The van der Waals surface area contributed by atoms with Crippen LogP contribution >= 0.6 is 27.5 Å². The first-order chi connectivity index (χ1) is 6.67. The fraction of sp³-hybridized carbons (Fsp3) is 0.222. The summed E-state index contributed by atoms with van der Waals surface area (Å²) in [6, 6.07) is 5.07. The first kappa shape index (κ1) is 11.3. The number of nitrogens with one attached hydrogen (secondary N) is 1. The van der Waals surface area contributed by atoms with Gasteiger partial charge in [-0.25, -0.2) is 0 Å². The fourth-order valence-corrected chi connectivity index (χ4v) is 1.34. The Labute approximate surface area is 95.5 Å². The maximum atomic E-state index is 11.0. The molecule has 0 atom stereocenters. The molecule has 0 spiro atoms. The van der Waals surface area contributed by atoms with Gasteiger partial charge in [0.2, 0.25) is 5.91 Å². The van der Waals surface area contributed by atoms with Gasteiger partial charge in [0.1, 0.15) is 5.75 Å². The van der Waals surface area contributed by atoms with E-state index in [1.807, 2.05) is 0 Å². The third kappa shape index (κ3) is 2.89. The van der Waals surface area contributed by atoms with Gasteiger partial charge >= 0.3 is 0 Å². The van der Waals surface area contributed by atoms with Gasteiger partial charge in [0.15, 0.2) is 0 Å². The van der Waals surface area contributed by atoms with Gasteiger partial charge in [0.05, 0.1) is 17.5 Å². The van der Waals surface area contributed by atoms with E-state index in [-0.39, 0.29) is 11.2 Å². The van der Waals surface area contributed by atoms with Crippen LogP contribution in [0.15, 0.2) is 18.2 Å². The van der Waals surface area contributed by atoms with Gasteiger partial charge in [-0.1, -0.05) is 27.5 Å². The number of halogens is 2. The van der Waals surface area contributed by atoms with Gasteiger partial charge in [-0.15, -0.1) is 0 Å². The molecule has 1 rings (SSSR count). The summed E-state index contributed by atoms with van der Waals surface area (Å²) in [4.78, 5) is 11.0. The number of methoxy groups -OCH3 is 1. The maximum Gasteiger partial charge on any atom is 0.235 e. The van der Waals surface area contributed by atoms with Crippen LogP contribution < -0.4 is 10.1 Å². The zero-order chi connectivity index (χ0) is 10.6. The van der Waals surface area contributed by atoms with Crippen LogP contribution in [0.2, 0.25) is 5.02 Å². The summed E-state index contributed by atoms with van der Waals surface area (Å²) in [5.74, 6) is 0.467. The van der Waals surface area contributed by atoms with Crippen molar-refractivity contribution >= 4 is 39.1 Å². The molecule has 3 nitrogen and oxygen atoms in total. The van der Waals surface area contributed by atoms with Gasteiger partial charge < -0.3 is 10.1 Å². The molecule has 76 valence electrons. The van der Waals surface area contributed by atoms with Gasteiger partial charge in [-0.2, -0.15) is 0 Å². The summed E-state index contributed by atoms with van der Waals surface area (Å²) in [5, 5.41) is 3.39. The summed E-state index contributed by atoms with van der Waals surface area (Å²) in [6.07, 6.45) is 0. The lowest BCUT2D eigenvalue weighted by Crippen LogP contribution is -2.12. The Morgan fingerprint density at radius 1 is 1.64 bits per heavy atom. The molecule has 0 heterocycles.